The molecule has 7 N–H and O–H groups in total. The van der Waals surface area contributed by atoms with Crippen LogP contribution in [-0.4, -0.2) is 40.5 Å². The molecule has 2 heterocycles. The average Bonchev–Trinajstić information content (AvgIpc) is 3.17. The number of thiophene rings is 1. The molecule has 0 bridgehead atoms. The number of aromatic nitrogens is 1. The van der Waals surface area contributed by atoms with Gasteiger partial charge in [-0.05, 0) is 24.1 Å². The second-order valence-corrected chi connectivity index (χ2v) is 9.85. The summed E-state index contributed by atoms with van der Waals surface area (Å²) in [5.41, 5.74) is 5.35. The first-order valence-electron chi connectivity index (χ1n) is 9.49. The van der Waals surface area contributed by atoms with Crippen LogP contribution < -0.4 is 10.9 Å². The number of pyridine rings is 1. The third-order valence-electron chi connectivity index (χ3n) is 4.54. The Balaban J connectivity index is 2.14. The Bertz CT molecular complexity index is 1450. The van der Waals surface area contributed by atoms with Gasteiger partial charge in [0.05, 0.1) is 10.4 Å². The van der Waals surface area contributed by atoms with Gasteiger partial charge in [-0.2, -0.15) is 0 Å². The predicted octanol–water partition coefficient (Wildman–Crippen LogP) is 3.25. The number of azo groups is 1. The number of nitrogens with two attached hydrogens (primary N) is 2. The second-order valence-electron chi connectivity index (χ2n) is 7.33. The average molecular weight is 506 g/mol. The quantitative estimate of drug-likeness (QED) is 0.234. The first kappa shape index (κ1) is 24.8. The zero-order valence-corrected chi connectivity index (χ0v) is 19.4. The molecule has 0 radical (unpaired) electrons. The molecule has 0 saturated heterocycles. The van der Waals surface area contributed by atoms with Crippen LogP contribution in [0.1, 0.15) is 50.9 Å². The fourth-order valence-electron chi connectivity index (χ4n) is 3.06. The van der Waals surface area contributed by atoms with Gasteiger partial charge in [0.25, 0.3) is 0 Å². The summed E-state index contributed by atoms with van der Waals surface area (Å²) in [4.78, 5) is 27.7. The zero-order valence-electron chi connectivity index (χ0n) is 17.8. The summed E-state index contributed by atoms with van der Waals surface area (Å²) in [6, 6.07) is 6.65. The van der Waals surface area contributed by atoms with Crippen molar-refractivity contribution < 1.29 is 33.3 Å². The van der Waals surface area contributed by atoms with Gasteiger partial charge in [0.1, 0.15) is 10.6 Å². The molecule has 0 aliphatic heterocycles. The van der Waals surface area contributed by atoms with Gasteiger partial charge in [0.2, 0.25) is 15.8 Å². The molecule has 0 unspecified atom stereocenters. The van der Waals surface area contributed by atoms with Gasteiger partial charge >= 0.3 is 5.97 Å². The van der Waals surface area contributed by atoms with Crippen molar-refractivity contribution in [1.82, 2.24) is 4.98 Å². The number of primary sulfonamides is 1. The highest BCUT2D eigenvalue weighted by molar-refractivity contribution is 7.89. The third-order valence-corrected chi connectivity index (χ3v) is 6.54. The first-order valence-corrected chi connectivity index (χ1v) is 11.8. The number of nitrogens with zero attached hydrogens (tertiary/aromatic N) is 3. The van der Waals surface area contributed by atoms with Crippen LogP contribution in [0.15, 0.2) is 45.5 Å². The Kier molecular flexibility index (Phi) is 6.67. The number of sulfonamides is 1. The first-order chi connectivity index (χ1) is 15.8. The van der Waals surface area contributed by atoms with Crippen molar-refractivity contribution >= 4 is 49.7 Å². The number of phenolic OH excluding ortho intramolecular Hbond substituents is 1. The van der Waals surface area contributed by atoms with Crippen molar-refractivity contribution in [2.45, 2.75) is 24.7 Å². The van der Waals surface area contributed by atoms with Crippen molar-refractivity contribution in [3.63, 3.8) is 0 Å². The maximum Gasteiger partial charge on any atom is 0.338 e. The summed E-state index contributed by atoms with van der Waals surface area (Å²) >= 11 is 0.723. The van der Waals surface area contributed by atoms with Gasteiger partial charge in [-0.1, -0.05) is 26.0 Å². The van der Waals surface area contributed by atoms with Gasteiger partial charge in [-0.3, -0.25) is 4.79 Å². The van der Waals surface area contributed by atoms with Crippen molar-refractivity contribution in [2.75, 3.05) is 5.73 Å². The number of benzene rings is 1. The van der Waals surface area contributed by atoms with Crippen molar-refractivity contribution in [2.24, 2.45) is 15.4 Å². The van der Waals surface area contributed by atoms with E-state index in [1.54, 1.807) is 13.8 Å². The number of ketones is 1. The lowest BCUT2D eigenvalue weighted by Crippen LogP contribution is -2.17. The van der Waals surface area contributed by atoms with Crippen LogP contribution in [0.5, 0.6) is 11.5 Å². The number of rotatable bonds is 7. The molecule has 12 nitrogen and oxygen atoms in total. The Morgan fingerprint density at radius 2 is 1.82 bits per heavy atom. The van der Waals surface area contributed by atoms with Gasteiger partial charge in [-0.25, -0.2) is 23.3 Å². The van der Waals surface area contributed by atoms with Crippen LogP contribution >= 0.6 is 11.3 Å². The second kappa shape index (κ2) is 9.17. The highest BCUT2D eigenvalue weighted by atomic mass is 32.2. The number of aromatic hydroxyl groups is 2. The summed E-state index contributed by atoms with van der Waals surface area (Å²) < 4.78 is 24.1. The molecule has 1 aromatic carbocycles. The van der Waals surface area contributed by atoms with Crippen LogP contribution in [0.2, 0.25) is 0 Å². The number of carbonyl (C=O) groups is 2. The maximum absolute atomic E-state index is 12.7. The largest absolute Gasteiger partial charge is 0.508 e. The highest BCUT2D eigenvalue weighted by Crippen LogP contribution is 2.41. The van der Waals surface area contributed by atoms with Crippen LogP contribution in [-0.2, 0) is 10.0 Å². The summed E-state index contributed by atoms with van der Waals surface area (Å²) in [5, 5.41) is 42.1. The molecule has 0 fully saturated rings. The molecule has 3 aromatic rings. The van der Waals surface area contributed by atoms with E-state index in [2.05, 4.69) is 15.2 Å². The minimum atomic E-state index is -4.43. The van der Waals surface area contributed by atoms with Gasteiger partial charge in [0, 0.05) is 11.1 Å². The molecule has 0 aliphatic carbocycles. The summed E-state index contributed by atoms with van der Waals surface area (Å²) in [6.45, 7) is 3.19. The Hall–Kier alpha value is -3.88. The van der Waals surface area contributed by atoms with Crippen molar-refractivity contribution in [3.8, 4) is 11.5 Å². The smallest absolute Gasteiger partial charge is 0.338 e. The standard InChI is InChI=1S/C20H19N5O7S2/c1-8(2)13-16(34(22,31)32)15(28)17(21)23-18(13)24-25-19-11(20(29)30)7-12(33-19)14(27)9-4-3-5-10(26)6-9/h3-8,26,28H,1-2H3,(H2,21,23)(H,29,30)(H2,22,31,32). The monoisotopic (exact) mass is 505 g/mol. The lowest BCUT2D eigenvalue weighted by molar-refractivity contribution is 0.0698. The molecule has 34 heavy (non-hydrogen) atoms. The van der Waals surface area contributed by atoms with E-state index in [0.29, 0.717) is 0 Å². The van der Waals surface area contributed by atoms with Crippen molar-refractivity contribution in [3.05, 3.63) is 51.9 Å². The number of carboxylic acids is 1. The van der Waals surface area contributed by atoms with Crippen LogP contribution in [0.25, 0.3) is 0 Å². The van der Waals surface area contributed by atoms with E-state index in [1.165, 1.54) is 24.3 Å². The molecular formula is C20H19N5O7S2. The zero-order chi connectivity index (χ0) is 25.4. The minimum absolute atomic E-state index is 0.0180. The highest BCUT2D eigenvalue weighted by Gasteiger charge is 2.28. The number of phenols is 1. The molecule has 2 aromatic heterocycles. The van der Waals surface area contributed by atoms with E-state index < -0.39 is 44.2 Å². The number of aromatic carboxylic acids is 1. The number of hydrogen-bond acceptors (Lipinski definition) is 11. The number of carboxylic acid groups (broad SMARTS) is 1. The SMILES string of the molecule is CC(C)c1c(N=Nc2sc(C(=O)c3cccc(O)c3)cc2C(=O)O)nc(N)c(O)c1S(N)(=O)=O. The van der Waals surface area contributed by atoms with E-state index in [-0.39, 0.29) is 38.1 Å². The van der Waals surface area contributed by atoms with E-state index in [9.17, 15) is 33.3 Å². The number of anilines is 1. The van der Waals surface area contributed by atoms with E-state index >= 15 is 0 Å². The van der Waals surface area contributed by atoms with Gasteiger partial charge in [-0.15, -0.1) is 21.6 Å². The summed E-state index contributed by atoms with van der Waals surface area (Å²) in [6.07, 6.45) is 0. The molecular weight excluding hydrogens is 486 g/mol. The number of carbonyl (C=O) groups excluding carboxylic acids is 1. The van der Waals surface area contributed by atoms with Crippen LogP contribution in [0.4, 0.5) is 16.6 Å². The van der Waals surface area contributed by atoms with Gasteiger partial charge in [0.15, 0.2) is 22.4 Å². The Labute approximate surface area is 197 Å². The van der Waals surface area contributed by atoms with E-state index in [4.69, 9.17) is 10.9 Å². The Morgan fingerprint density at radius 3 is 2.38 bits per heavy atom. The van der Waals surface area contributed by atoms with E-state index in [0.717, 1.165) is 17.4 Å². The molecule has 0 saturated carbocycles. The number of hydrogen-bond donors (Lipinski definition) is 5. The summed E-state index contributed by atoms with van der Waals surface area (Å²) in [7, 11) is -4.43. The fourth-order valence-corrected chi connectivity index (χ4v) is 5.00. The molecule has 0 spiro atoms. The topological polar surface area (TPSA) is 219 Å². The predicted molar refractivity (Wildman–Crippen MR) is 123 cm³/mol. The summed E-state index contributed by atoms with van der Waals surface area (Å²) in [5.74, 6) is -4.29. The molecule has 178 valence electrons. The van der Waals surface area contributed by atoms with Crippen LogP contribution in [0.3, 0.4) is 0 Å². The molecule has 0 amide bonds. The lowest BCUT2D eigenvalue weighted by atomic mass is 10.0. The van der Waals surface area contributed by atoms with Gasteiger partial charge < -0.3 is 21.1 Å². The maximum atomic E-state index is 12.7. The lowest BCUT2D eigenvalue weighted by Gasteiger charge is -2.15. The molecule has 3 rings (SSSR count). The minimum Gasteiger partial charge on any atom is -0.508 e. The fraction of sp³-hybridized carbons (Fsp3) is 0.150. The van der Waals surface area contributed by atoms with Crippen LogP contribution in [0, 0.1) is 0 Å². The third kappa shape index (κ3) is 4.88. The van der Waals surface area contributed by atoms with E-state index in [1.807, 2.05) is 0 Å². The normalized spacial score (nSPS) is 11.9. The molecule has 0 atom stereocenters. The molecule has 14 heteroatoms. The van der Waals surface area contributed by atoms with Crippen molar-refractivity contribution in [1.29, 1.82) is 0 Å². The molecule has 0 aliphatic rings. The Morgan fingerprint density at radius 1 is 1.15 bits per heavy atom. The number of nitrogen functional groups attached to an aromatic ring is 1.